The van der Waals surface area contributed by atoms with E-state index >= 15 is 0 Å². The Bertz CT molecular complexity index is 1120. The molecule has 0 aliphatic heterocycles. The van der Waals surface area contributed by atoms with Crippen LogP contribution in [-0.2, 0) is 26.2 Å². The highest BCUT2D eigenvalue weighted by Gasteiger charge is 2.26. The maximum atomic E-state index is 13.3. The molecule has 198 valence electrons. The van der Waals surface area contributed by atoms with Gasteiger partial charge in [-0.15, -0.1) is 0 Å². The molecule has 36 heavy (non-hydrogen) atoms. The highest BCUT2D eigenvalue weighted by Crippen LogP contribution is 2.24. The average molecular weight is 538 g/mol. The molecule has 2 aromatic carbocycles. The smallest absolute Gasteiger partial charge is 0.242 e. The van der Waals surface area contributed by atoms with E-state index in [1.165, 1.54) is 16.3 Å². The van der Waals surface area contributed by atoms with Crippen LogP contribution in [0.4, 0.5) is 5.69 Å². The van der Waals surface area contributed by atoms with Gasteiger partial charge in [0.15, 0.2) is 0 Å². The minimum Gasteiger partial charge on any atom is -0.497 e. The molecule has 8 nitrogen and oxygen atoms in total. The number of rotatable bonds is 13. The molecule has 1 N–H and O–H groups in total. The van der Waals surface area contributed by atoms with Crippen molar-refractivity contribution in [1.82, 2.24) is 10.2 Å². The predicted octanol–water partition coefficient (Wildman–Crippen LogP) is 4.08. The first-order valence-corrected chi connectivity index (χ1v) is 14.1. The summed E-state index contributed by atoms with van der Waals surface area (Å²) in [5, 5.41) is 3.47. The topological polar surface area (TPSA) is 96.0 Å². The lowest BCUT2D eigenvalue weighted by atomic mass is 10.1. The minimum atomic E-state index is -3.58. The fraction of sp³-hybridized carbons (Fsp3) is 0.462. The van der Waals surface area contributed by atoms with Gasteiger partial charge in [0.25, 0.3) is 0 Å². The van der Waals surface area contributed by atoms with E-state index in [-0.39, 0.29) is 43.7 Å². The molecule has 0 radical (unpaired) electrons. The van der Waals surface area contributed by atoms with Crippen LogP contribution in [0.15, 0.2) is 48.5 Å². The molecule has 0 saturated carbocycles. The number of anilines is 1. The lowest BCUT2D eigenvalue weighted by molar-refractivity contribution is -0.140. The molecule has 0 heterocycles. The van der Waals surface area contributed by atoms with E-state index < -0.39 is 16.1 Å². The maximum Gasteiger partial charge on any atom is 0.242 e. The zero-order valence-corrected chi connectivity index (χ0v) is 23.1. The lowest BCUT2D eigenvalue weighted by Crippen LogP contribution is -2.48. The van der Waals surface area contributed by atoms with Crippen molar-refractivity contribution in [2.75, 3.05) is 30.8 Å². The van der Waals surface area contributed by atoms with Gasteiger partial charge in [-0.3, -0.25) is 13.9 Å². The Morgan fingerprint density at radius 1 is 1.08 bits per heavy atom. The van der Waals surface area contributed by atoms with Gasteiger partial charge in [-0.1, -0.05) is 43.6 Å². The fourth-order valence-electron chi connectivity index (χ4n) is 3.59. The van der Waals surface area contributed by atoms with Crippen molar-refractivity contribution in [3.8, 4) is 5.75 Å². The summed E-state index contributed by atoms with van der Waals surface area (Å²) in [5.74, 6) is 0.337. The second-order valence-corrected chi connectivity index (χ2v) is 11.4. The third-order valence-corrected chi connectivity index (χ3v) is 7.06. The van der Waals surface area contributed by atoms with Gasteiger partial charge in [0.05, 0.1) is 19.1 Å². The molecule has 0 saturated heterocycles. The van der Waals surface area contributed by atoms with Gasteiger partial charge in [-0.25, -0.2) is 8.42 Å². The molecule has 0 bridgehead atoms. The van der Waals surface area contributed by atoms with Crippen LogP contribution in [0.1, 0.15) is 39.2 Å². The van der Waals surface area contributed by atoms with E-state index in [0.29, 0.717) is 23.0 Å². The Labute approximate surface area is 219 Å². The summed E-state index contributed by atoms with van der Waals surface area (Å²) in [6.45, 7) is 6.55. The van der Waals surface area contributed by atoms with Crippen LogP contribution in [-0.4, -0.2) is 57.6 Å². The number of carbonyl (C=O) groups is 2. The number of methoxy groups -OCH3 is 1. The third-order valence-electron chi connectivity index (χ3n) is 5.61. The number of carbonyl (C=O) groups excluding carboxylic acids is 2. The standard InChI is InChI=1S/C26H36ClN3O5S/c1-19(2)17-28-26(32)20(3)29(18-21-11-13-22(27)14-12-21)25(31)10-7-15-30(36(5,33)34)23-8-6-9-24(16-23)35-4/h6,8-9,11-14,16,19-20H,7,10,15,17-18H2,1-5H3,(H,28,32)/t20-/m0/s1. The molecule has 0 unspecified atom stereocenters. The molecular formula is C26H36ClN3O5S. The van der Waals surface area contributed by atoms with Gasteiger partial charge in [0, 0.05) is 37.1 Å². The Morgan fingerprint density at radius 3 is 2.33 bits per heavy atom. The van der Waals surface area contributed by atoms with E-state index in [4.69, 9.17) is 16.3 Å². The Balaban J connectivity index is 2.16. The van der Waals surface area contributed by atoms with E-state index in [2.05, 4.69) is 5.32 Å². The van der Waals surface area contributed by atoms with E-state index in [1.807, 2.05) is 26.0 Å². The number of benzene rings is 2. The van der Waals surface area contributed by atoms with Gasteiger partial charge in [0.1, 0.15) is 11.8 Å². The summed E-state index contributed by atoms with van der Waals surface area (Å²) < 4.78 is 31.4. The highest BCUT2D eigenvalue weighted by atomic mass is 35.5. The van der Waals surface area contributed by atoms with Crippen molar-refractivity contribution in [2.45, 2.75) is 46.2 Å². The molecule has 0 fully saturated rings. The second-order valence-electron chi connectivity index (χ2n) is 9.10. The monoisotopic (exact) mass is 537 g/mol. The maximum absolute atomic E-state index is 13.3. The number of sulfonamides is 1. The first-order chi connectivity index (χ1) is 16.9. The number of halogens is 1. The molecule has 2 rings (SSSR count). The summed E-state index contributed by atoms with van der Waals surface area (Å²) >= 11 is 5.99. The van der Waals surface area contributed by atoms with Crippen molar-refractivity contribution < 1.29 is 22.7 Å². The fourth-order valence-corrected chi connectivity index (χ4v) is 4.67. The van der Waals surface area contributed by atoms with Crippen molar-refractivity contribution in [3.05, 3.63) is 59.1 Å². The summed E-state index contributed by atoms with van der Waals surface area (Å²) in [6.07, 6.45) is 1.48. The van der Waals surface area contributed by atoms with Crippen molar-refractivity contribution >= 4 is 39.1 Å². The van der Waals surface area contributed by atoms with Crippen LogP contribution >= 0.6 is 11.6 Å². The minimum absolute atomic E-state index is 0.0748. The van der Waals surface area contributed by atoms with Crippen molar-refractivity contribution in [1.29, 1.82) is 0 Å². The van der Waals surface area contributed by atoms with Crippen LogP contribution in [0.5, 0.6) is 5.75 Å². The van der Waals surface area contributed by atoms with Crippen LogP contribution in [0.25, 0.3) is 0 Å². The zero-order chi connectivity index (χ0) is 26.9. The van der Waals surface area contributed by atoms with Crippen LogP contribution < -0.4 is 14.4 Å². The van der Waals surface area contributed by atoms with E-state index in [0.717, 1.165) is 11.8 Å². The number of hydrogen-bond acceptors (Lipinski definition) is 5. The molecule has 2 amide bonds. The van der Waals surface area contributed by atoms with E-state index in [1.54, 1.807) is 43.3 Å². The number of hydrogen-bond donors (Lipinski definition) is 1. The van der Waals surface area contributed by atoms with Crippen LogP contribution in [0, 0.1) is 5.92 Å². The van der Waals surface area contributed by atoms with Gasteiger partial charge in [-0.2, -0.15) is 0 Å². The molecule has 0 aliphatic carbocycles. The van der Waals surface area contributed by atoms with Gasteiger partial charge >= 0.3 is 0 Å². The second kappa shape index (κ2) is 13.5. The average Bonchev–Trinajstić information content (AvgIpc) is 2.83. The lowest BCUT2D eigenvalue weighted by Gasteiger charge is -2.29. The number of nitrogens with one attached hydrogen (secondary N) is 1. The van der Waals surface area contributed by atoms with Gasteiger partial charge in [0.2, 0.25) is 21.8 Å². The quantitative estimate of drug-likeness (QED) is 0.415. The van der Waals surface area contributed by atoms with E-state index in [9.17, 15) is 18.0 Å². The summed E-state index contributed by atoms with van der Waals surface area (Å²) in [4.78, 5) is 27.6. The molecule has 0 aromatic heterocycles. The summed E-state index contributed by atoms with van der Waals surface area (Å²) in [5.41, 5.74) is 1.30. The number of amides is 2. The van der Waals surface area contributed by atoms with Crippen LogP contribution in [0.3, 0.4) is 0 Å². The van der Waals surface area contributed by atoms with Gasteiger partial charge in [-0.05, 0) is 49.1 Å². The molecule has 10 heteroatoms. The Morgan fingerprint density at radius 2 is 1.75 bits per heavy atom. The number of nitrogens with zero attached hydrogens (tertiary/aromatic N) is 2. The van der Waals surface area contributed by atoms with Crippen molar-refractivity contribution in [2.24, 2.45) is 5.92 Å². The zero-order valence-electron chi connectivity index (χ0n) is 21.5. The first-order valence-electron chi connectivity index (χ1n) is 11.9. The molecule has 0 spiro atoms. The van der Waals surface area contributed by atoms with Crippen LogP contribution in [0.2, 0.25) is 5.02 Å². The molecular weight excluding hydrogens is 502 g/mol. The van der Waals surface area contributed by atoms with Gasteiger partial charge < -0.3 is 15.0 Å². The normalized spacial score (nSPS) is 12.2. The highest BCUT2D eigenvalue weighted by molar-refractivity contribution is 7.92. The number of ether oxygens (including phenoxy) is 1. The summed E-state index contributed by atoms with van der Waals surface area (Å²) in [7, 11) is -2.07. The molecule has 2 aromatic rings. The molecule has 1 atom stereocenters. The SMILES string of the molecule is COc1cccc(N(CCCC(=O)N(Cc2ccc(Cl)cc2)[C@@H](C)C(=O)NCC(C)C)S(C)(=O)=O)c1. The third kappa shape index (κ3) is 9.02. The van der Waals surface area contributed by atoms with Crippen molar-refractivity contribution in [3.63, 3.8) is 0 Å². The Hall–Kier alpha value is -2.78. The Kier molecular flexibility index (Phi) is 11.0. The first kappa shape index (κ1) is 29.5. The predicted molar refractivity (Wildman–Crippen MR) is 144 cm³/mol. The molecule has 0 aliphatic rings. The summed E-state index contributed by atoms with van der Waals surface area (Å²) in [6, 6.07) is 13.2. The largest absolute Gasteiger partial charge is 0.497 e.